The SMILES string of the molecule is CC(C)C(C)CCC(C)(O)C1CCC2(C)C3=CCC4C(C)(C)C(O)CCC45CC35CCC12C. The summed E-state index contributed by atoms with van der Waals surface area (Å²) in [6.07, 6.45) is 14.3. The van der Waals surface area contributed by atoms with E-state index < -0.39 is 5.60 Å². The summed E-state index contributed by atoms with van der Waals surface area (Å²) in [5, 5.41) is 22.7. The lowest BCUT2D eigenvalue weighted by Gasteiger charge is -2.60. The molecule has 2 nitrogen and oxygen atoms in total. The Morgan fingerprint density at radius 2 is 1.73 bits per heavy atom. The maximum atomic E-state index is 11.9. The van der Waals surface area contributed by atoms with E-state index in [-0.39, 0.29) is 22.3 Å². The predicted octanol–water partition coefficient (Wildman–Crippen LogP) is 7.53. The molecular formula is C31H52O2. The van der Waals surface area contributed by atoms with Crippen molar-refractivity contribution >= 4 is 0 Å². The highest BCUT2D eigenvalue weighted by molar-refractivity contribution is 5.45. The second-order valence-corrected chi connectivity index (χ2v) is 15.2. The standard InChI is InChI=1S/C31H52O2/c1-20(2)21(3)11-15-29(8,33)23-12-14-27(6)24-10-9-22-26(4,5)25(32)13-16-30(22)19-31(24,30)18-17-28(23,27)7/h10,20-23,25,32-33H,9,11-19H2,1-8H3. The molecule has 2 heteroatoms. The molecule has 4 saturated carbocycles. The molecule has 4 fully saturated rings. The molecule has 0 radical (unpaired) electrons. The first-order valence-electron chi connectivity index (χ1n) is 14.3. The van der Waals surface area contributed by atoms with Gasteiger partial charge in [-0.1, -0.05) is 60.1 Å². The van der Waals surface area contributed by atoms with E-state index in [4.69, 9.17) is 0 Å². The summed E-state index contributed by atoms with van der Waals surface area (Å²) < 4.78 is 0. The van der Waals surface area contributed by atoms with Crippen LogP contribution in [0.4, 0.5) is 0 Å². The lowest BCUT2D eigenvalue weighted by Crippen LogP contribution is -2.55. The van der Waals surface area contributed by atoms with Gasteiger partial charge in [-0.15, -0.1) is 0 Å². The van der Waals surface area contributed by atoms with Gasteiger partial charge in [0, 0.05) is 0 Å². The number of hydrogen-bond donors (Lipinski definition) is 2. The number of rotatable bonds is 5. The van der Waals surface area contributed by atoms with Crippen LogP contribution in [0.25, 0.3) is 0 Å². The van der Waals surface area contributed by atoms with E-state index in [2.05, 4.69) is 61.5 Å². The molecule has 0 saturated heterocycles. The summed E-state index contributed by atoms with van der Waals surface area (Å²) in [4.78, 5) is 0. The van der Waals surface area contributed by atoms with E-state index in [1.54, 1.807) is 5.57 Å². The normalized spacial score (nSPS) is 50.4. The second-order valence-electron chi connectivity index (χ2n) is 15.2. The highest BCUT2D eigenvalue weighted by atomic mass is 16.3. The van der Waals surface area contributed by atoms with Gasteiger partial charge in [0.2, 0.25) is 0 Å². The number of aliphatic hydroxyl groups is 2. The van der Waals surface area contributed by atoms with Gasteiger partial charge >= 0.3 is 0 Å². The van der Waals surface area contributed by atoms with Crippen molar-refractivity contribution in [2.24, 2.45) is 50.7 Å². The number of allylic oxidation sites excluding steroid dienone is 2. The second kappa shape index (κ2) is 7.12. The third-order valence-electron chi connectivity index (χ3n) is 13.4. The monoisotopic (exact) mass is 456 g/mol. The molecule has 9 unspecified atom stereocenters. The van der Waals surface area contributed by atoms with Crippen LogP contribution in [-0.2, 0) is 0 Å². The first kappa shape index (κ1) is 24.4. The van der Waals surface area contributed by atoms with Crippen LogP contribution in [0.15, 0.2) is 11.6 Å². The lowest BCUT2D eigenvalue weighted by molar-refractivity contribution is -0.108. The van der Waals surface area contributed by atoms with Crippen LogP contribution in [0.5, 0.6) is 0 Å². The summed E-state index contributed by atoms with van der Waals surface area (Å²) in [5.74, 6) is 2.37. The van der Waals surface area contributed by atoms with Gasteiger partial charge in [0.1, 0.15) is 0 Å². The van der Waals surface area contributed by atoms with Gasteiger partial charge in [0.15, 0.2) is 0 Å². The van der Waals surface area contributed by atoms with Crippen molar-refractivity contribution < 1.29 is 10.2 Å². The van der Waals surface area contributed by atoms with Gasteiger partial charge in [0.25, 0.3) is 0 Å². The summed E-state index contributed by atoms with van der Waals surface area (Å²) in [5.41, 5.74) is 2.50. The zero-order valence-electron chi connectivity index (χ0n) is 22.9. The molecule has 9 atom stereocenters. The fourth-order valence-corrected chi connectivity index (χ4v) is 10.5. The van der Waals surface area contributed by atoms with Crippen LogP contribution in [0, 0.1) is 50.7 Å². The van der Waals surface area contributed by atoms with Crippen LogP contribution >= 0.6 is 0 Å². The Bertz CT molecular complexity index is 838. The molecule has 0 bridgehead atoms. The Kier molecular flexibility index (Phi) is 5.25. The molecule has 0 aromatic rings. The highest BCUT2D eigenvalue weighted by Gasteiger charge is 2.80. The quantitative estimate of drug-likeness (QED) is 0.420. The zero-order chi connectivity index (χ0) is 24.2. The summed E-state index contributed by atoms with van der Waals surface area (Å²) in [6, 6.07) is 0. The van der Waals surface area contributed by atoms with Crippen molar-refractivity contribution in [3.05, 3.63) is 11.6 Å². The number of hydrogen-bond acceptors (Lipinski definition) is 2. The fraction of sp³-hybridized carbons (Fsp3) is 0.935. The van der Waals surface area contributed by atoms with E-state index in [1.807, 2.05) is 0 Å². The molecule has 5 rings (SSSR count). The Balaban J connectivity index is 1.45. The van der Waals surface area contributed by atoms with Crippen LogP contribution in [0.3, 0.4) is 0 Å². The maximum Gasteiger partial charge on any atom is 0.0653 e. The largest absolute Gasteiger partial charge is 0.393 e. The first-order valence-corrected chi connectivity index (χ1v) is 14.3. The van der Waals surface area contributed by atoms with Gasteiger partial charge < -0.3 is 10.2 Å². The van der Waals surface area contributed by atoms with E-state index in [1.165, 1.54) is 38.5 Å². The lowest BCUT2D eigenvalue weighted by atomic mass is 9.45. The van der Waals surface area contributed by atoms with Gasteiger partial charge in [-0.05, 0) is 122 Å². The Morgan fingerprint density at radius 3 is 2.39 bits per heavy atom. The maximum absolute atomic E-state index is 11.9. The summed E-state index contributed by atoms with van der Waals surface area (Å²) >= 11 is 0. The van der Waals surface area contributed by atoms with Crippen molar-refractivity contribution in [3.63, 3.8) is 0 Å². The minimum atomic E-state index is -0.573. The average molecular weight is 457 g/mol. The molecular weight excluding hydrogens is 404 g/mol. The van der Waals surface area contributed by atoms with Crippen LogP contribution in [0.2, 0.25) is 0 Å². The van der Waals surface area contributed by atoms with Crippen molar-refractivity contribution in [3.8, 4) is 0 Å². The summed E-state index contributed by atoms with van der Waals surface area (Å²) in [6.45, 7) is 19.0. The average Bonchev–Trinajstić information content (AvgIpc) is 3.31. The summed E-state index contributed by atoms with van der Waals surface area (Å²) in [7, 11) is 0. The predicted molar refractivity (Wildman–Crippen MR) is 137 cm³/mol. The fourth-order valence-electron chi connectivity index (χ4n) is 10.5. The van der Waals surface area contributed by atoms with E-state index in [9.17, 15) is 10.2 Å². The molecule has 2 N–H and O–H groups in total. The van der Waals surface area contributed by atoms with Crippen LogP contribution < -0.4 is 0 Å². The zero-order valence-corrected chi connectivity index (χ0v) is 22.9. The third kappa shape index (κ3) is 2.92. The first-order chi connectivity index (χ1) is 15.2. The Labute approximate surface area is 204 Å². The molecule has 0 amide bonds. The van der Waals surface area contributed by atoms with Gasteiger partial charge in [-0.2, -0.15) is 0 Å². The van der Waals surface area contributed by atoms with E-state index in [0.29, 0.717) is 34.5 Å². The molecule has 33 heavy (non-hydrogen) atoms. The van der Waals surface area contributed by atoms with E-state index in [0.717, 1.165) is 25.7 Å². The molecule has 0 aliphatic heterocycles. The molecule has 5 aliphatic carbocycles. The molecule has 0 heterocycles. The molecule has 2 spiro atoms. The molecule has 188 valence electrons. The van der Waals surface area contributed by atoms with Crippen molar-refractivity contribution in [1.29, 1.82) is 0 Å². The van der Waals surface area contributed by atoms with Gasteiger partial charge in [0.05, 0.1) is 11.7 Å². The van der Waals surface area contributed by atoms with Crippen LogP contribution in [0.1, 0.15) is 120 Å². The molecule has 0 aromatic carbocycles. The van der Waals surface area contributed by atoms with Crippen molar-refractivity contribution in [1.82, 2.24) is 0 Å². The van der Waals surface area contributed by atoms with E-state index >= 15 is 0 Å². The molecule has 0 aromatic heterocycles. The minimum Gasteiger partial charge on any atom is -0.393 e. The molecule has 5 aliphatic rings. The smallest absolute Gasteiger partial charge is 0.0653 e. The number of fused-ring (bicyclic) bond motifs is 2. The third-order valence-corrected chi connectivity index (χ3v) is 13.4. The Morgan fingerprint density at radius 1 is 1.03 bits per heavy atom. The number of aliphatic hydroxyl groups excluding tert-OH is 1. The van der Waals surface area contributed by atoms with Gasteiger partial charge in [-0.3, -0.25) is 0 Å². The van der Waals surface area contributed by atoms with Crippen LogP contribution in [-0.4, -0.2) is 21.9 Å². The van der Waals surface area contributed by atoms with Crippen molar-refractivity contribution in [2.75, 3.05) is 0 Å². The van der Waals surface area contributed by atoms with Crippen molar-refractivity contribution in [2.45, 2.75) is 131 Å². The topological polar surface area (TPSA) is 40.5 Å². The van der Waals surface area contributed by atoms with Gasteiger partial charge in [-0.25, -0.2) is 0 Å². The Hall–Kier alpha value is -0.340. The minimum absolute atomic E-state index is 0.0282. The highest BCUT2D eigenvalue weighted by Crippen LogP contribution is 2.88.